The number of hydrogen-bond donors (Lipinski definition) is 2. The standard InChI is InChI=1S/C23H30N2O2/c1-23(2,3)21(24-22(27)19-10-6-7-17(13-19)16-26)15-25-12-11-18-8-4-5-9-20(18)14-25/h4-10,13,21,26H,11-12,14-16H2,1-3H3,(H,24,27). The zero-order valence-electron chi connectivity index (χ0n) is 16.5. The van der Waals surface area contributed by atoms with Crippen molar-refractivity contribution in [2.24, 2.45) is 5.41 Å². The Morgan fingerprint density at radius 2 is 1.89 bits per heavy atom. The Labute approximate surface area is 162 Å². The molecule has 4 nitrogen and oxygen atoms in total. The lowest BCUT2D eigenvalue weighted by Gasteiger charge is -2.38. The number of aliphatic hydroxyl groups excluding tert-OH is 1. The summed E-state index contributed by atoms with van der Waals surface area (Å²) < 4.78 is 0. The number of carbonyl (C=O) groups excluding carboxylic acids is 1. The van der Waals surface area contributed by atoms with Crippen molar-refractivity contribution >= 4 is 5.91 Å². The van der Waals surface area contributed by atoms with Gasteiger partial charge in [0, 0.05) is 31.2 Å². The van der Waals surface area contributed by atoms with Gasteiger partial charge in [-0.05, 0) is 40.7 Å². The molecule has 0 spiro atoms. The number of nitrogens with one attached hydrogen (secondary N) is 1. The molecule has 2 N–H and O–H groups in total. The summed E-state index contributed by atoms with van der Waals surface area (Å²) in [5, 5.41) is 12.5. The van der Waals surface area contributed by atoms with Crippen LogP contribution in [0.2, 0.25) is 0 Å². The molecule has 0 saturated heterocycles. The summed E-state index contributed by atoms with van der Waals surface area (Å²) in [7, 11) is 0. The highest BCUT2D eigenvalue weighted by Crippen LogP contribution is 2.24. The van der Waals surface area contributed by atoms with Crippen LogP contribution in [0.5, 0.6) is 0 Å². The predicted molar refractivity (Wildman–Crippen MR) is 108 cm³/mol. The van der Waals surface area contributed by atoms with Crippen LogP contribution in [0.1, 0.15) is 47.8 Å². The Bertz CT molecular complexity index is 795. The lowest BCUT2D eigenvalue weighted by atomic mass is 9.85. The first-order chi connectivity index (χ1) is 12.9. The van der Waals surface area contributed by atoms with E-state index in [0.717, 1.165) is 31.6 Å². The summed E-state index contributed by atoms with van der Waals surface area (Å²) in [4.78, 5) is 15.2. The maximum absolute atomic E-state index is 12.8. The molecule has 0 radical (unpaired) electrons. The van der Waals surface area contributed by atoms with E-state index in [1.54, 1.807) is 12.1 Å². The van der Waals surface area contributed by atoms with Gasteiger partial charge in [0.25, 0.3) is 5.91 Å². The maximum Gasteiger partial charge on any atom is 0.251 e. The second-order valence-electron chi connectivity index (χ2n) is 8.50. The van der Waals surface area contributed by atoms with E-state index in [0.29, 0.717) is 5.56 Å². The molecule has 2 aromatic rings. The van der Waals surface area contributed by atoms with Crippen LogP contribution in [0.4, 0.5) is 0 Å². The van der Waals surface area contributed by atoms with E-state index in [4.69, 9.17) is 0 Å². The molecule has 0 aromatic heterocycles. The summed E-state index contributed by atoms with van der Waals surface area (Å²) >= 11 is 0. The molecular formula is C23H30N2O2. The molecule has 0 saturated carbocycles. The molecule has 27 heavy (non-hydrogen) atoms. The van der Waals surface area contributed by atoms with Gasteiger partial charge in [-0.3, -0.25) is 9.69 Å². The normalized spacial score (nSPS) is 15.9. The summed E-state index contributed by atoms with van der Waals surface area (Å²) in [6, 6.07) is 15.8. The smallest absolute Gasteiger partial charge is 0.251 e. The van der Waals surface area contributed by atoms with Gasteiger partial charge >= 0.3 is 0 Å². The third kappa shape index (κ3) is 4.96. The Hall–Kier alpha value is -2.17. The molecule has 1 heterocycles. The molecular weight excluding hydrogens is 336 g/mol. The van der Waals surface area contributed by atoms with Gasteiger partial charge < -0.3 is 10.4 Å². The molecule has 0 fully saturated rings. The molecule has 0 bridgehead atoms. The first-order valence-electron chi connectivity index (χ1n) is 9.66. The summed E-state index contributed by atoms with van der Waals surface area (Å²) in [5.74, 6) is -0.0809. The average molecular weight is 367 g/mol. The summed E-state index contributed by atoms with van der Waals surface area (Å²) in [5.41, 5.74) is 4.12. The second kappa shape index (κ2) is 8.24. The molecule has 144 valence electrons. The van der Waals surface area contributed by atoms with Crippen molar-refractivity contribution in [2.75, 3.05) is 13.1 Å². The van der Waals surface area contributed by atoms with Crippen molar-refractivity contribution in [1.82, 2.24) is 10.2 Å². The number of fused-ring (bicyclic) bond motifs is 1. The van der Waals surface area contributed by atoms with Crippen molar-refractivity contribution in [3.8, 4) is 0 Å². The highest BCUT2D eigenvalue weighted by molar-refractivity contribution is 5.94. The number of carbonyl (C=O) groups is 1. The van der Waals surface area contributed by atoms with Crippen LogP contribution in [0.3, 0.4) is 0 Å². The van der Waals surface area contributed by atoms with Gasteiger partial charge in [-0.15, -0.1) is 0 Å². The van der Waals surface area contributed by atoms with Gasteiger partial charge in [0.05, 0.1) is 6.61 Å². The molecule has 0 aliphatic carbocycles. The number of benzene rings is 2. The number of hydrogen-bond acceptors (Lipinski definition) is 3. The van der Waals surface area contributed by atoms with Crippen molar-refractivity contribution in [2.45, 2.75) is 46.4 Å². The lowest BCUT2D eigenvalue weighted by Crippen LogP contribution is -2.51. The molecule has 1 aliphatic heterocycles. The minimum atomic E-state index is -0.0809. The SMILES string of the molecule is CC(C)(C)C(CN1CCc2ccccc2C1)NC(=O)c1cccc(CO)c1. The number of aliphatic hydroxyl groups is 1. The fourth-order valence-electron chi connectivity index (χ4n) is 3.56. The highest BCUT2D eigenvalue weighted by atomic mass is 16.3. The first kappa shape index (κ1) is 19.6. The van der Waals surface area contributed by atoms with Gasteiger partial charge in [0.2, 0.25) is 0 Å². The fraction of sp³-hybridized carbons (Fsp3) is 0.435. The van der Waals surface area contributed by atoms with Crippen LogP contribution in [0.15, 0.2) is 48.5 Å². The summed E-state index contributed by atoms with van der Waals surface area (Å²) in [6.07, 6.45) is 1.06. The molecule has 1 amide bonds. The topological polar surface area (TPSA) is 52.6 Å². The number of rotatable bonds is 5. The van der Waals surface area contributed by atoms with Gasteiger partial charge in [0.1, 0.15) is 0 Å². The summed E-state index contributed by atoms with van der Waals surface area (Å²) in [6.45, 7) is 9.21. The number of amides is 1. The lowest BCUT2D eigenvalue weighted by molar-refractivity contribution is 0.0862. The van der Waals surface area contributed by atoms with Crippen molar-refractivity contribution in [3.63, 3.8) is 0 Å². The van der Waals surface area contributed by atoms with Crippen molar-refractivity contribution < 1.29 is 9.90 Å². The van der Waals surface area contributed by atoms with E-state index < -0.39 is 0 Å². The first-order valence-corrected chi connectivity index (χ1v) is 9.66. The average Bonchev–Trinajstić information content (AvgIpc) is 2.66. The maximum atomic E-state index is 12.8. The molecule has 3 rings (SSSR count). The minimum Gasteiger partial charge on any atom is -0.392 e. The van der Waals surface area contributed by atoms with E-state index in [1.165, 1.54) is 11.1 Å². The highest BCUT2D eigenvalue weighted by Gasteiger charge is 2.29. The molecule has 2 aromatic carbocycles. The van der Waals surface area contributed by atoms with E-state index in [2.05, 4.69) is 55.3 Å². The third-order valence-electron chi connectivity index (χ3n) is 5.37. The monoisotopic (exact) mass is 366 g/mol. The second-order valence-corrected chi connectivity index (χ2v) is 8.50. The van der Waals surface area contributed by atoms with Gasteiger partial charge in [0.15, 0.2) is 0 Å². The van der Waals surface area contributed by atoms with Crippen LogP contribution < -0.4 is 5.32 Å². The molecule has 1 unspecified atom stereocenters. The van der Waals surface area contributed by atoms with E-state index >= 15 is 0 Å². The van der Waals surface area contributed by atoms with Crippen LogP contribution in [0, 0.1) is 5.41 Å². The van der Waals surface area contributed by atoms with E-state index in [-0.39, 0.29) is 24.0 Å². The van der Waals surface area contributed by atoms with Crippen LogP contribution in [-0.2, 0) is 19.6 Å². The Kier molecular flexibility index (Phi) is 5.98. The van der Waals surface area contributed by atoms with Crippen LogP contribution in [0.25, 0.3) is 0 Å². The fourth-order valence-corrected chi connectivity index (χ4v) is 3.56. The number of nitrogens with zero attached hydrogens (tertiary/aromatic N) is 1. The Morgan fingerprint density at radius 3 is 2.59 bits per heavy atom. The zero-order chi connectivity index (χ0) is 19.4. The Balaban J connectivity index is 1.70. The van der Waals surface area contributed by atoms with Crippen LogP contribution in [-0.4, -0.2) is 35.0 Å². The predicted octanol–water partition coefficient (Wildman–Crippen LogP) is 3.38. The molecule has 4 heteroatoms. The van der Waals surface area contributed by atoms with Gasteiger partial charge in [-0.1, -0.05) is 57.2 Å². The molecule has 1 aliphatic rings. The zero-order valence-corrected chi connectivity index (χ0v) is 16.5. The van der Waals surface area contributed by atoms with Crippen LogP contribution >= 0.6 is 0 Å². The quantitative estimate of drug-likeness (QED) is 0.853. The minimum absolute atomic E-state index is 0.0352. The van der Waals surface area contributed by atoms with Gasteiger partial charge in [-0.25, -0.2) is 0 Å². The third-order valence-corrected chi connectivity index (χ3v) is 5.37. The largest absolute Gasteiger partial charge is 0.392 e. The van der Waals surface area contributed by atoms with E-state index in [1.807, 2.05) is 12.1 Å². The van der Waals surface area contributed by atoms with Gasteiger partial charge in [-0.2, -0.15) is 0 Å². The molecule has 1 atom stereocenters. The van der Waals surface area contributed by atoms with Crippen molar-refractivity contribution in [1.29, 1.82) is 0 Å². The Morgan fingerprint density at radius 1 is 1.15 bits per heavy atom. The van der Waals surface area contributed by atoms with E-state index in [9.17, 15) is 9.90 Å². The van der Waals surface area contributed by atoms with Crippen molar-refractivity contribution in [3.05, 3.63) is 70.8 Å².